The first-order valence-corrected chi connectivity index (χ1v) is 12.2. The summed E-state index contributed by atoms with van der Waals surface area (Å²) in [5.41, 5.74) is 4.20. The lowest BCUT2D eigenvalue weighted by Gasteiger charge is -2.17. The number of thiophene rings is 1. The minimum Gasteiger partial charge on any atom is -0.451 e. The maximum absolute atomic E-state index is 12.7. The first-order chi connectivity index (χ1) is 15.1. The summed E-state index contributed by atoms with van der Waals surface area (Å²) in [5.74, 6) is -0.820. The van der Waals surface area contributed by atoms with Crippen LogP contribution in [0.5, 0.6) is 0 Å². The van der Waals surface area contributed by atoms with Gasteiger partial charge in [-0.3, -0.25) is 4.79 Å². The van der Waals surface area contributed by atoms with Gasteiger partial charge in [-0.1, -0.05) is 12.1 Å². The lowest BCUT2D eigenvalue weighted by molar-refractivity contribution is -0.121. The second kappa shape index (κ2) is 8.33. The molecule has 0 N–H and O–H groups in total. The van der Waals surface area contributed by atoms with Gasteiger partial charge in [0.25, 0.3) is 5.91 Å². The van der Waals surface area contributed by atoms with Crippen LogP contribution in [0.3, 0.4) is 0 Å². The Labute approximate surface area is 190 Å². The number of rotatable bonds is 5. The maximum atomic E-state index is 12.7. The zero-order valence-corrected chi connectivity index (χ0v) is 19.0. The molecule has 0 saturated heterocycles. The molecule has 1 aliphatic rings. The van der Waals surface area contributed by atoms with E-state index in [4.69, 9.17) is 4.74 Å². The van der Waals surface area contributed by atoms with Crippen molar-refractivity contribution in [3.63, 3.8) is 0 Å². The minimum atomic E-state index is -0.582. The molecule has 6 nitrogen and oxygen atoms in total. The Morgan fingerprint density at radius 2 is 2.03 bits per heavy atom. The molecule has 0 saturated carbocycles. The Morgan fingerprint density at radius 3 is 2.81 bits per heavy atom. The Balaban J connectivity index is 1.23. The fourth-order valence-corrected chi connectivity index (χ4v) is 5.70. The van der Waals surface area contributed by atoms with Crippen LogP contribution in [0.4, 0.5) is 5.69 Å². The van der Waals surface area contributed by atoms with Crippen molar-refractivity contribution in [1.82, 2.24) is 9.97 Å². The summed E-state index contributed by atoms with van der Waals surface area (Å²) >= 11 is 4.57. The summed E-state index contributed by atoms with van der Waals surface area (Å²) in [4.78, 5) is 36.6. The van der Waals surface area contributed by atoms with E-state index < -0.39 is 5.97 Å². The zero-order chi connectivity index (χ0) is 21.4. The molecule has 0 fully saturated rings. The lowest BCUT2D eigenvalue weighted by atomic mass is 10.1. The average Bonchev–Trinajstić information content (AvgIpc) is 3.57. The van der Waals surface area contributed by atoms with Gasteiger partial charge in [0.05, 0.1) is 15.6 Å². The third kappa shape index (κ3) is 4.04. The standard InChI is InChI=1S/C22H17N3O3S3/c1-13-23-16(11-30-13)14-4-5-18-15(9-14)6-7-25(18)20(26)10-28-22(27)17-12-31-21(24-17)19-3-2-8-29-19/h2-5,8-9,11-12H,6-7,10H2,1H3. The topological polar surface area (TPSA) is 72.4 Å². The summed E-state index contributed by atoms with van der Waals surface area (Å²) in [6.07, 6.45) is 0.766. The Morgan fingerprint density at radius 1 is 1.13 bits per heavy atom. The molecule has 4 heterocycles. The van der Waals surface area contributed by atoms with Gasteiger partial charge in [0.1, 0.15) is 5.01 Å². The predicted molar refractivity (Wildman–Crippen MR) is 124 cm³/mol. The molecular formula is C22H17N3O3S3. The summed E-state index contributed by atoms with van der Waals surface area (Å²) in [5, 5.41) is 7.46. The fourth-order valence-electron chi connectivity index (χ4n) is 3.48. The molecule has 1 aromatic carbocycles. The lowest BCUT2D eigenvalue weighted by Crippen LogP contribution is -2.33. The Kier molecular flexibility index (Phi) is 5.39. The third-order valence-electron chi connectivity index (χ3n) is 4.96. The highest BCUT2D eigenvalue weighted by Gasteiger charge is 2.26. The zero-order valence-electron chi connectivity index (χ0n) is 16.5. The number of hydrogen-bond donors (Lipinski definition) is 0. The second-order valence-electron chi connectivity index (χ2n) is 6.98. The van der Waals surface area contributed by atoms with Crippen LogP contribution in [-0.4, -0.2) is 35.0 Å². The Hall–Kier alpha value is -2.88. The van der Waals surface area contributed by atoms with Gasteiger partial charge < -0.3 is 9.64 Å². The number of carbonyl (C=O) groups is 2. The summed E-state index contributed by atoms with van der Waals surface area (Å²) < 4.78 is 5.25. The van der Waals surface area contributed by atoms with Crippen molar-refractivity contribution in [2.75, 3.05) is 18.1 Å². The number of carbonyl (C=O) groups excluding carboxylic acids is 2. The highest BCUT2D eigenvalue weighted by Crippen LogP contribution is 2.33. The average molecular weight is 468 g/mol. The van der Waals surface area contributed by atoms with Gasteiger partial charge in [-0.15, -0.1) is 34.0 Å². The number of thiazole rings is 2. The van der Waals surface area contributed by atoms with E-state index in [-0.39, 0.29) is 18.2 Å². The molecule has 0 atom stereocenters. The van der Waals surface area contributed by atoms with Crippen LogP contribution in [0.1, 0.15) is 21.1 Å². The van der Waals surface area contributed by atoms with Gasteiger partial charge >= 0.3 is 5.97 Å². The SMILES string of the molecule is Cc1nc(-c2ccc3c(c2)CCN3C(=O)COC(=O)c2csc(-c3cccs3)n2)cs1. The van der Waals surface area contributed by atoms with E-state index >= 15 is 0 Å². The van der Waals surface area contributed by atoms with Gasteiger partial charge in [-0.05, 0) is 42.5 Å². The predicted octanol–water partition coefficient (Wildman–Crippen LogP) is 5.05. The van der Waals surface area contributed by atoms with E-state index in [1.165, 1.54) is 11.3 Å². The van der Waals surface area contributed by atoms with E-state index in [0.29, 0.717) is 6.54 Å². The normalized spacial score (nSPS) is 12.7. The molecule has 31 heavy (non-hydrogen) atoms. The number of amides is 1. The van der Waals surface area contributed by atoms with E-state index in [2.05, 4.69) is 16.0 Å². The molecule has 0 spiro atoms. The van der Waals surface area contributed by atoms with Gasteiger partial charge in [-0.25, -0.2) is 14.8 Å². The quantitative estimate of drug-likeness (QED) is 0.384. The fraction of sp³-hybridized carbons (Fsp3) is 0.182. The third-order valence-corrected chi connectivity index (χ3v) is 7.62. The molecule has 0 radical (unpaired) electrons. The van der Waals surface area contributed by atoms with Crippen LogP contribution in [0.15, 0.2) is 46.5 Å². The minimum absolute atomic E-state index is 0.228. The number of esters is 1. The molecule has 156 valence electrons. The molecule has 3 aromatic heterocycles. The van der Waals surface area contributed by atoms with E-state index in [1.54, 1.807) is 33.0 Å². The number of aromatic nitrogens is 2. The van der Waals surface area contributed by atoms with E-state index in [1.807, 2.05) is 41.9 Å². The molecule has 1 amide bonds. The van der Waals surface area contributed by atoms with Crippen molar-refractivity contribution in [3.05, 3.63) is 62.7 Å². The van der Waals surface area contributed by atoms with Crippen molar-refractivity contribution < 1.29 is 14.3 Å². The van der Waals surface area contributed by atoms with Crippen LogP contribution in [0, 0.1) is 6.92 Å². The van der Waals surface area contributed by atoms with Crippen LogP contribution in [0.25, 0.3) is 21.1 Å². The first kappa shape index (κ1) is 20.0. The molecular weight excluding hydrogens is 450 g/mol. The second-order valence-corrected chi connectivity index (χ2v) is 9.85. The van der Waals surface area contributed by atoms with Crippen molar-refractivity contribution in [1.29, 1.82) is 0 Å². The first-order valence-electron chi connectivity index (χ1n) is 9.61. The monoisotopic (exact) mass is 467 g/mol. The Bertz CT molecular complexity index is 1260. The molecule has 9 heteroatoms. The van der Waals surface area contributed by atoms with E-state index in [0.717, 1.165) is 43.8 Å². The summed E-state index contributed by atoms with van der Waals surface area (Å²) in [6.45, 7) is 2.25. The van der Waals surface area contributed by atoms with Gasteiger partial charge in [0.15, 0.2) is 12.3 Å². The number of ether oxygens (including phenoxy) is 1. The number of fused-ring (bicyclic) bond motifs is 1. The molecule has 5 rings (SSSR count). The molecule has 4 aromatic rings. The van der Waals surface area contributed by atoms with E-state index in [9.17, 15) is 9.59 Å². The van der Waals surface area contributed by atoms with Crippen molar-refractivity contribution in [2.45, 2.75) is 13.3 Å². The molecule has 0 bridgehead atoms. The van der Waals surface area contributed by atoms with Gasteiger partial charge in [0, 0.05) is 28.6 Å². The maximum Gasteiger partial charge on any atom is 0.358 e. The smallest absolute Gasteiger partial charge is 0.358 e. The largest absolute Gasteiger partial charge is 0.451 e. The van der Waals surface area contributed by atoms with Crippen LogP contribution in [-0.2, 0) is 16.0 Å². The van der Waals surface area contributed by atoms with Crippen molar-refractivity contribution in [3.8, 4) is 21.1 Å². The number of anilines is 1. The molecule has 1 aliphatic heterocycles. The van der Waals surface area contributed by atoms with Crippen LogP contribution in [0.2, 0.25) is 0 Å². The summed E-state index contributed by atoms with van der Waals surface area (Å²) in [6, 6.07) is 9.90. The number of hydrogen-bond acceptors (Lipinski definition) is 8. The van der Waals surface area contributed by atoms with Crippen molar-refractivity contribution in [2.24, 2.45) is 0 Å². The van der Waals surface area contributed by atoms with Crippen LogP contribution >= 0.6 is 34.0 Å². The number of nitrogens with zero attached hydrogens (tertiary/aromatic N) is 3. The number of benzene rings is 1. The molecule has 0 unspecified atom stereocenters. The number of aryl methyl sites for hydroxylation is 1. The van der Waals surface area contributed by atoms with Gasteiger partial charge in [0.2, 0.25) is 0 Å². The molecule has 0 aliphatic carbocycles. The van der Waals surface area contributed by atoms with Crippen LogP contribution < -0.4 is 4.90 Å². The van der Waals surface area contributed by atoms with Crippen molar-refractivity contribution >= 4 is 51.6 Å². The highest BCUT2D eigenvalue weighted by molar-refractivity contribution is 7.20. The van der Waals surface area contributed by atoms with Gasteiger partial charge in [-0.2, -0.15) is 0 Å². The summed E-state index contributed by atoms with van der Waals surface area (Å²) in [7, 11) is 0. The highest BCUT2D eigenvalue weighted by atomic mass is 32.1.